The lowest BCUT2D eigenvalue weighted by Gasteiger charge is -2.37. The summed E-state index contributed by atoms with van der Waals surface area (Å²) in [6.45, 7) is 7.76. The fourth-order valence-corrected chi connectivity index (χ4v) is 4.77. The van der Waals surface area contributed by atoms with E-state index in [1.165, 1.54) is 12.0 Å². The molecule has 196 valence electrons. The first kappa shape index (κ1) is 27.8. The van der Waals surface area contributed by atoms with Crippen LogP contribution < -0.4 is 5.32 Å². The zero-order chi connectivity index (χ0) is 26.6. The average Bonchev–Trinajstić information content (AvgIpc) is 3.19. The van der Waals surface area contributed by atoms with Gasteiger partial charge in [0.05, 0.1) is 30.7 Å². The van der Waals surface area contributed by atoms with E-state index in [-0.39, 0.29) is 23.4 Å². The highest BCUT2D eigenvalue weighted by atomic mass is 32.2. The number of rotatable bonds is 9. The number of carbonyl (C=O) groups is 2. The maximum atomic E-state index is 14.2. The molecule has 0 saturated carbocycles. The normalized spacial score (nSPS) is 17.8. The lowest BCUT2D eigenvalue weighted by atomic mass is 9.91. The molecular weight excluding hydrogens is 495 g/mol. The quantitative estimate of drug-likeness (QED) is 0.360. The summed E-state index contributed by atoms with van der Waals surface area (Å²) in [7, 11) is 1.51. The first-order valence-corrected chi connectivity index (χ1v) is 12.4. The minimum atomic E-state index is -4.89. The van der Waals surface area contributed by atoms with Gasteiger partial charge in [-0.3, -0.25) is 4.79 Å². The van der Waals surface area contributed by atoms with Crippen molar-refractivity contribution in [1.29, 1.82) is 0 Å². The van der Waals surface area contributed by atoms with Crippen LogP contribution >= 0.6 is 11.8 Å². The molecule has 1 amide bonds. The van der Waals surface area contributed by atoms with Crippen molar-refractivity contribution >= 4 is 28.8 Å². The van der Waals surface area contributed by atoms with Crippen molar-refractivity contribution in [2.75, 3.05) is 20.3 Å². The zero-order valence-corrected chi connectivity index (χ0v) is 21.6. The van der Waals surface area contributed by atoms with Crippen LogP contribution in [0.15, 0.2) is 51.6 Å². The minimum absolute atomic E-state index is 0.0426. The summed E-state index contributed by atoms with van der Waals surface area (Å²) in [5.41, 5.74) is -0.00606. The van der Waals surface area contributed by atoms with E-state index in [1.807, 2.05) is 26.0 Å². The third-order valence-corrected chi connectivity index (χ3v) is 6.42. The third kappa shape index (κ3) is 6.31. The van der Waals surface area contributed by atoms with Gasteiger partial charge >= 0.3 is 12.1 Å². The van der Waals surface area contributed by atoms with Gasteiger partial charge in [-0.15, -0.1) is 0 Å². The van der Waals surface area contributed by atoms with Crippen LogP contribution in [-0.4, -0.2) is 54.5 Å². The number of ether oxygens (including phenoxy) is 2. The van der Waals surface area contributed by atoms with Gasteiger partial charge in [-0.2, -0.15) is 13.2 Å². The lowest BCUT2D eigenvalue weighted by molar-refractivity contribution is -0.144. The van der Waals surface area contributed by atoms with E-state index in [1.54, 1.807) is 31.4 Å². The van der Waals surface area contributed by atoms with E-state index < -0.39 is 35.6 Å². The predicted molar refractivity (Wildman–Crippen MR) is 132 cm³/mol. The number of benzene rings is 1. The first-order chi connectivity index (χ1) is 16.9. The molecule has 0 aromatic heterocycles. The topological polar surface area (TPSA) is 80.2 Å². The fraction of sp³-hybridized carbons (Fsp3) is 0.480. The molecule has 1 unspecified atom stereocenters. The molecule has 11 heteroatoms. The molecule has 0 spiro atoms. The highest BCUT2D eigenvalue weighted by Crippen LogP contribution is 2.48. The number of aliphatic imine (C=N–C) groups is 1. The molecule has 2 aliphatic heterocycles. The number of halogens is 3. The van der Waals surface area contributed by atoms with Crippen LogP contribution in [0.4, 0.5) is 13.2 Å². The van der Waals surface area contributed by atoms with Gasteiger partial charge in [0.1, 0.15) is 0 Å². The monoisotopic (exact) mass is 525 g/mol. The molecule has 36 heavy (non-hydrogen) atoms. The number of amides is 1. The lowest BCUT2D eigenvalue weighted by Crippen LogP contribution is -2.40. The SMILES string of the molecule is COCCNC(=O)CC1=CSC2=NC(C(F)(F)F)=C(C(=O)OC(C)C)C(c3ccc(C(C)C)cc3)N12. The Morgan fingerprint density at radius 3 is 2.39 bits per heavy atom. The van der Waals surface area contributed by atoms with Crippen LogP contribution in [0.5, 0.6) is 0 Å². The summed E-state index contributed by atoms with van der Waals surface area (Å²) in [5.74, 6) is -1.22. The van der Waals surface area contributed by atoms with Crippen molar-refractivity contribution in [3.05, 3.63) is 57.8 Å². The number of nitrogens with zero attached hydrogens (tertiary/aromatic N) is 2. The molecule has 3 rings (SSSR count). The Hall–Kier alpha value is -2.79. The molecule has 2 heterocycles. The molecule has 0 saturated heterocycles. The second-order valence-corrected chi connectivity index (χ2v) is 9.79. The Kier molecular flexibility index (Phi) is 8.89. The van der Waals surface area contributed by atoms with Gasteiger partial charge in [0.25, 0.3) is 0 Å². The summed E-state index contributed by atoms with van der Waals surface area (Å²) in [6.07, 6.45) is -5.63. The number of amidine groups is 1. The number of nitrogens with one attached hydrogen (secondary N) is 1. The summed E-state index contributed by atoms with van der Waals surface area (Å²) in [4.78, 5) is 31.0. The van der Waals surface area contributed by atoms with Gasteiger partial charge < -0.3 is 19.7 Å². The van der Waals surface area contributed by atoms with Gasteiger partial charge in [0.15, 0.2) is 10.9 Å². The van der Waals surface area contributed by atoms with Crippen LogP contribution in [0, 0.1) is 0 Å². The third-order valence-electron chi connectivity index (χ3n) is 5.53. The van der Waals surface area contributed by atoms with E-state index >= 15 is 0 Å². The number of alkyl halides is 3. The Morgan fingerprint density at radius 2 is 1.83 bits per heavy atom. The van der Waals surface area contributed by atoms with Gasteiger partial charge in [0, 0.05) is 19.4 Å². The summed E-state index contributed by atoms with van der Waals surface area (Å²) in [6, 6.07) is 5.90. The van der Waals surface area contributed by atoms with E-state index in [2.05, 4.69) is 10.3 Å². The van der Waals surface area contributed by atoms with Gasteiger partial charge in [-0.1, -0.05) is 49.9 Å². The maximum absolute atomic E-state index is 14.2. The standard InChI is InChI=1S/C25H30F3N3O4S/c1-14(2)16-6-8-17(9-7-16)21-20(23(33)35-15(3)4)22(25(26,27)28)30-24-31(21)18(13-36-24)12-19(32)29-10-11-34-5/h6-9,13-15,21H,10-12H2,1-5H3,(H,29,32). The summed E-state index contributed by atoms with van der Waals surface area (Å²) in [5, 5.41) is 4.34. The Morgan fingerprint density at radius 1 is 1.17 bits per heavy atom. The van der Waals surface area contributed by atoms with Crippen molar-refractivity contribution < 1.29 is 32.2 Å². The molecule has 1 aromatic carbocycles. The molecule has 0 bridgehead atoms. The maximum Gasteiger partial charge on any atom is 0.434 e. The van der Waals surface area contributed by atoms with Crippen LogP contribution in [0.25, 0.3) is 0 Å². The van der Waals surface area contributed by atoms with Crippen LogP contribution in [0.2, 0.25) is 0 Å². The van der Waals surface area contributed by atoms with E-state index in [9.17, 15) is 22.8 Å². The molecule has 1 N–H and O–H groups in total. The van der Waals surface area contributed by atoms with E-state index in [4.69, 9.17) is 9.47 Å². The second-order valence-electron chi connectivity index (χ2n) is 8.95. The number of carbonyl (C=O) groups excluding carboxylic acids is 2. The first-order valence-electron chi connectivity index (χ1n) is 11.6. The van der Waals surface area contributed by atoms with Crippen LogP contribution in [-0.2, 0) is 19.1 Å². The van der Waals surface area contributed by atoms with Crippen LogP contribution in [0.3, 0.4) is 0 Å². The number of esters is 1. The Balaban J connectivity index is 2.11. The smallest absolute Gasteiger partial charge is 0.434 e. The molecule has 2 aliphatic rings. The van der Waals surface area contributed by atoms with Gasteiger partial charge in [-0.25, -0.2) is 9.79 Å². The van der Waals surface area contributed by atoms with Crippen molar-refractivity contribution in [2.45, 2.75) is 58.4 Å². The molecule has 1 atom stereocenters. The van der Waals surface area contributed by atoms with Gasteiger partial charge in [0.2, 0.25) is 5.91 Å². The summed E-state index contributed by atoms with van der Waals surface area (Å²) < 4.78 is 52.8. The molecule has 0 radical (unpaired) electrons. The molecule has 1 aromatic rings. The highest BCUT2D eigenvalue weighted by molar-refractivity contribution is 8.16. The molecule has 0 aliphatic carbocycles. The fourth-order valence-electron chi connectivity index (χ4n) is 3.86. The van der Waals surface area contributed by atoms with Crippen molar-refractivity contribution in [3.8, 4) is 0 Å². The second kappa shape index (κ2) is 11.5. The highest BCUT2D eigenvalue weighted by Gasteiger charge is 2.49. The molecular formula is C25H30F3N3O4S. The number of allylic oxidation sites excluding steroid dienone is 1. The van der Waals surface area contributed by atoms with Crippen LogP contribution in [0.1, 0.15) is 57.2 Å². The number of methoxy groups -OCH3 is 1. The summed E-state index contributed by atoms with van der Waals surface area (Å²) >= 11 is 0.982. The minimum Gasteiger partial charge on any atom is -0.459 e. The number of thioether (sulfide) groups is 1. The zero-order valence-electron chi connectivity index (χ0n) is 20.8. The largest absolute Gasteiger partial charge is 0.459 e. The molecule has 0 fully saturated rings. The van der Waals surface area contributed by atoms with Gasteiger partial charge in [-0.05, 0) is 36.3 Å². The predicted octanol–water partition coefficient (Wildman–Crippen LogP) is 5.03. The Bertz CT molecular complexity index is 1080. The number of fused-ring (bicyclic) bond motifs is 1. The number of hydrogen-bond donors (Lipinski definition) is 1. The average molecular weight is 526 g/mol. The van der Waals surface area contributed by atoms with E-state index in [0.29, 0.717) is 24.4 Å². The van der Waals surface area contributed by atoms with Crippen molar-refractivity contribution in [2.24, 2.45) is 4.99 Å². The van der Waals surface area contributed by atoms with Crippen molar-refractivity contribution in [1.82, 2.24) is 10.2 Å². The number of hydrogen-bond acceptors (Lipinski definition) is 7. The Labute approximate surface area is 212 Å². The van der Waals surface area contributed by atoms with E-state index in [0.717, 1.165) is 17.3 Å². The van der Waals surface area contributed by atoms with Crippen molar-refractivity contribution in [3.63, 3.8) is 0 Å². The molecule has 7 nitrogen and oxygen atoms in total.